The van der Waals surface area contributed by atoms with E-state index in [1.54, 1.807) is 45.1 Å². The van der Waals surface area contributed by atoms with E-state index in [2.05, 4.69) is 31.2 Å². The van der Waals surface area contributed by atoms with Crippen molar-refractivity contribution < 1.29 is 0 Å². The molecule has 2 rings (SSSR count). The Bertz CT molecular complexity index is 410. The molecular formula is C10H17ClN8. The van der Waals surface area contributed by atoms with E-state index in [0.29, 0.717) is 11.0 Å². The number of hydrogen-bond acceptors (Lipinski definition) is 8. The SMILES string of the molecule is CN(N)c1cnccn1.CNN.Clc1cnccn1. The molecule has 0 fully saturated rings. The van der Waals surface area contributed by atoms with Gasteiger partial charge in [-0.05, 0) is 7.05 Å². The third-order valence-corrected chi connectivity index (χ3v) is 1.64. The highest BCUT2D eigenvalue weighted by Gasteiger charge is 1.91. The first-order chi connectivity index (χ1) is 9.11. The summed E-state index contributed by atoms with van der Waals surface area (Å²) in [5.74, 6) is 10.6. The van der Waals surface area contributed by atoms with Crippen molar-refractivity contribution in [3.05, 3.63) is 42.3 Å². The predicted octanol–water partition coefficient (Wildman–Crippen LogP) is -0.00400. The van der Waals surface area contributed by atoms with Gasteiger partial charge in [-0.25, -0.2) is 15.8 Å². The van der Waals surface area contributed by atoms with Crippen LogP contribution in [-0.2, 0) is 0 Å². The van der Waals surface area contributed by atoms with Crippen LogP contribution in [0.15, 0.2) is 37.2 Å². The Morgan fingerprint density at radius 1 is 1.11 bits per heavy atom. The Kier molecular flexibility index (Phi) is 10.1. The first kappa shape index (κ1) is 17.1. The molecule has 2 heterocycles. The summed E-state index contributed by atoms with van der Waals surface area (Å²) in [6, 6.07) is 0. The van der Waals surface area contributed by atoms with Gasteiger partial charge in [0, 0.05) is 31.8 Å². The lowest BCUT2D eigenvalue weighted by molar-refractivity contribution is 0.900. The van der Waals surface area contributed by atoms with E-state index >= 15 is 0 Å². The topological polar surface area (TPSA) is 119 Å². The molecule has 9 heteroatoms. The molecule has 0 aliphatic heterocycles. The van der Waals surface area contributed by atoms with Crippen LogP contribution in [0.1, 0.15) is 0 Å². The third-order valence-electron chi connectivity index (χ3n) is 1.44. The average Bonchev–Trinajstić information content (AvgIpc) is 2.42. The molecule has 8 nitrogen and oxygen atoms in total. The second kappa shape index (κ2) is 11.2. The van der Waals surface area contributed by atoms with Gasteiger partial charge in [0.25, 0.3) is 0 Å². The van der Waals surface area contributed by atoms with Crippen molar-refractivity contribution >= 4 is 17.4 Å². The molecule has 0 spiro atoms. The van der Waals surface area contributed by atoms with E-state index in [-0.39, 0.29) is 0 Å². The zero-order valence-electron chi connectivity index (χ0n) is 10.7. The fourth-order valence-corrected chi connectivity index (χ4v) is 0.867. The molecule has 0 aliphatic rings. The molecule has 0 saturated heterocycles. The number of nitrogens with zero attached hydrogens (tertiary/aromatic N) is 5. The number of hydrogen-bond donors (Lipinski definition) is 3. The van der Waals surface area contributed by atoms with Crippen molar-refractivity contribution in [2.45, 2.75) is 0 Å². The number of nitrogens with one attached hydrogen (secondary N) is 1. The third kappa shape index (κ3) is 9.80. The highest BCUT2D eigenvalue weighted by atomic mass is 35.5. The van der Waals surface area contributed by atoms with E-state index in [1.165, 1.54) is 11.2 Å². The summed E-state index contributed by atoms with van der Waals surface area (Å²) < 4.78 is 0. The summed E-state index contributed by atoms with van der Waals surface area (Å²) in [6.07, 6.45) is 9.40. The zero-order valence-corrected chi connectivity index (χ0v) is 11.5. The summed E-state index contributed by atoms with van der Waals surface area (Å²) in [6.45, 7) is 0. The van der Waals surface area contributed by atoms with E-state index in [9.17, 15) is 0 Å². The molecule has 0 aromatic carbocycles. The van der Waals surface area contributed by atoms with E-state index < -0.39 is 0 Å². The van der Waals surface area contributed by atoms with E-state index in [4.69, 9.17) is 17.4 Å². The Balaban J connectivity index is 0.000000289. The highest BCUT2D eigenvalue weighted by molar-refractivity contribution is 6.29. The van der Waals surface area contributed by atoms with Crippen LogP contribution in [0.4, 0.5) is 5.82 Å². The zero-order chi connectivity index (χ0) is 14.5. The van der Waals surface area contributed by atoms with Crippen molar-refractivity contribution in [1.82, 2.24) is 25.4 Å². The van der Waals surface area contributed by atoms with Gasteiger partial charge in [-0.3, -0.25) is 26.2 Å². The van der Waals surface area contributed by atoms with Crippen LogP contribution < -0.4 is 22.1 Å². The summed E-state index contributed by atoms with van der Waals surface area (Å²) in [5, 5.41) is 1.84. The number of anilines is 1. The van der Waals surface area contributed by atoms with Gasteiger partial charge in [0.2, 0.25) is 0 Å². The molecule has 5 N–H and O–H groups in total. The van der Waals surface area contributed by atoms with Gasteiger partial charge in [-0.2, -0.15) is 0 Å². The molecule has 0 radical (unpaired) electrons. The quantitative estimate of drug-likeness (QED) is 0.494. The standard InChI is InChI=1S/C5H8N4.C4H3ClN2.CH6N2/c1-9(6)5-4-7-2-3-8-5;5-4-3-6-1-2-7-4;1-3-2/h2-4H,6H2,1H3;1-3H;3H,2H2,1H3. The summed E-state index contributed by atoms with van der Waals surface area (Å²) in [5.41, 5.74) is 2.25. The molecule has 0 amide bonds. The number of rotatable bonds is 1. The molecule has 2 aromatic heterocycles. The predicted molar refractivity (Wildman–Crippen MR) is 74.9 cm³/mol. The monoisotopic (exact) mass is 284 g/mol. The molecule has 0 unspecified atom stereocenters. The van der Waals surface area contributed by atoms with Crippen LogP contribution in [0.25, 0.3) is 0 Å². The summed E-state index contributed by atoms with van der Waals surface area (Å²) in [4.78, 5) is 15.1. The number of aromatic nitrogens is 4. The fraction of sp³-hybridized carbons (Fsp3) is 0.200. The molecule has 0 bridgehead atoms. The summed E-state index contributed by atoms with van der Waals surface area (Å²) in [7, 11) is 3.37. The average molecular weight is 285 g/mol. The lowest BCUT2D eigenvalue weighted by Gasteiger charge is -2.07. The normalized spacial score (nSPS) is 8.47. The maximum Gasteiger partial charge on any atom is 0.160 e. The molecular weight excluding hydrogens is 268 g/mol. The first-order valence-electron chi connectivity index (χ1n) is 5.15. The van der Waals surface area contributed by atoms with Gasteiger partial charge in [-0.15, -0.1) is 0 Å². The Hall–Kier alpha value is -1.87. The maximum atomic E-state index is 5.37. The van der Waals surface area contributed by atoms with Gasteiger partial charge in [-0.1, -0.05) is 11.6 Å². The van der Waals surface area contributed by atoms with Crippen LogP contribution >= 0.6 is 11.6 Å². The fourth-order valence-electron chi connectivity index (χ4n) is 0.754. The Morgan fingerprint density at radius 3 is 1.84 bits per heavy atom. The number of nitrogens with two attached hydrogens (primary N) is 2. The number of halogens is 1. The van der Waals surface area contributed by atoms with Gasteiger partial charge in [0.1, 0.15) is 5.15 Å². The van der Waals surface area contributed by atoms with Crippen molar-refractivity contribution in [1.29, 1.82) is 0 Å². The summed E-state index contributed by atoms with van der Waals surface area (Å²) >= 11 is 5.37. The highest BCUT2D eigenvalue weighted by Crippen LogP contribution is 1.97. The second-order valence-electron chi connectivity index (χ2n) is 2.99. The van der Waals surface area contributed by atoms with Crippen LogP contribution in [0.5, 0.6) is 0 Å². The van der Waals surface area contributed by atoms with Crippen LogP contribution in [-0.4, -0.2) is 34.0 Å². The number of hydrazine groups is 2. The molecule has 2 aromatic rings. The van der Waals surface area contributed by atoms with Crippen LogP contribution in [0.3, 0.4) is 0 Å². The molecule has 104 valence electrons. The van der Waals surface area contributed by atoms with E-state index in [1.807, 2.05) is 0 Å². The van der Waals surface area contributed by atoms with Crippen LogP contribution in [0.2, 0.25) is 5.15 Å². The minimum absolute atomic E-state index is 0.433. The molecule has 19 heavy (non-hydrogen) atoms. The van der Waals surface area contributed by atoms with E-state index in [0.717, 1.165) is 0 Å². The Morgan fingerprint density at radius 2 is 1.63 bits per heavy atom. The smallest absolute Gasteiger partial charge is 0.160 e. The van der Waals surface area contributed by atoms with Crippen molar-refractivity contribution in [3.8, 4) is 0 Å². The van der Waals surface area contributed by atoms with Gasteiger partial charge in [0.15, 0.2) is 5.82 Å². The lowest BCUT2D eigenvalue weighted by atomic mass is 10.6. The minimum atomic E-state index is 0.433. The Labute approximate surface area is 116 Å². The maximum absolute atomic E-state index is 5.37. The largest absolute Gasteiger partial charge is 0.297 e. The van der Waals surface area contributed by atoms with Crippen molar-refractivity contribution in [3.63, 3.8) is 0 Å². The van der Waals surface area contributed by atoms with Gasteiger partial charge in [0.05, 0.1) is 12.4 Å². The van der Waals surface area contributed by atoms with Crippen LogP contribution in [0, 0.1) is 0 Å². The van der Waals surface area contributed by atoms with Gasteiger partial charge < -0.3 is 0 Å². The first-order valence-corrected chi connectivity index (χ1v) is 5.53. The molecule has 0 aliphatic carbocycles. The van der Waals surface area contributed by atoms with Crippen molar-refractivity contribution in [2.75, 3.05) is 19.1 Å². The molecule has 0 saturated carbocycles. The van der Waals surface area contributed by atoms with Gasteiger partial charge >= 0.3 is 0 Å². The minimum Gasteiger partial charge on any atom is -0.297 e. The van der Waals surface area contributed by atoms with Crippen molar-refractivity contribution in [2.24, 2.45) is 11.7 Å². The second-order valence-corrected chi connectivity index (χ2v) is 3.38. The lowest BCUT2D eigenvalue weighted by Crippen LogP contribution is -2.25. The molecule has 0 atom stereocenters.